The van der Waals surface area contributed by atoms with Crippen LogP contribution in [-0.2, 0) is 19.7 Å². The average Bonchev–Trinajstić information content (AvgIpc) is 2.40. The van der Waals surface area contributed by atoms with E-state index in [1.807, 2.05) is 11.8 Å². The van der Waals surface area contributed by atoms with Gasteiger partial charge in [-0.25, -0.2) is 8.42 Å². The number of hydrogen-bond acceptors (Lipinski definition) is 5. The third kappa shape index (κ3) is 3.92. The molecule has 0 aliphatic carbocycles. The Balaban J connectivity index is 2.97. The van der Waals surface area contributed by atoms with Crippen molar-refractivity contribution in [3.63, 3.8) is 0 Å². The highest BCUT2D eigenvalue weighted by Gasteiger charge is 2.21. The second kappa shape index (κ2) is 6.69. The molecule has 0 aliphatic heterocycles. The monoisotopic (exact) mass is 302 g/mol. The van der Waals surface area contributed by atoms with Gasteiger partial charge in [-0.3, -0.25) is 9.63 Å². The molecule has 0 saturated carbocycles. The topological polar surface area (TPSA) is 93.7 Å². The number of amides is 1. The van der Waals surface area contributed by atoms with E-state index in [2.05, 4.69) is 10.2 Å². The highest BCUT2D eigenvalue weighted by molar-refractivity contribution is 7.89. The minimum Gasteiger partial charge on any atom is -0.495 e. The van der Waals surface area contributed by atoms with Gasteiger partial charge in [0, 0.05) is 7.05 Å². The summed E-state index contributed by atoms with van der Waals surface area (Å²) < 4.78 is 29.3. The van der Waals surface area contributed by atoms with E-state index < -0.39 is 22.5 Å². The first-order valence-electron chi connectivity index (χ1n) is 5.81. The number of carbonyl (C=O) groups is 1. The van der Waals surface area contributed by atoms with E-state index in [4.69, 9.17) is 4.74 Å². The number of nitrogens with one attached hydrogen (secondary N) is 2. The van der Waals surface area contributed by atoms with Gasteiger partial charge in [0.15, 0.2) is 0 Å². The van der Waals surface area contributed by atoms with Crippen molar-refractivity contribution in [1.29, 1.82) is 0 Å². The molecule has 0 heterocycles. The van der Waals surface area contributed by atoms with Crippen molar-refractivity contribution < 1.29 is 22.8 Å². The largest absolute Gasteiger partial charge is 0.495 e. The summed E-state index contributed by atoms with van der Waals surface area (Å²) in [6, 6.07) is 3.11. The Morgan fingerprint density at radius 3 is 2.40 bits per heavy atom. The maximum absolute atomic E-state index is 12.1. The molecule has 0 bridgehead atoms. The predicted octanol–water partition coefficient (Wildman–Crippen LogP) is 0.268. The lowest BCUT2D eigenvalue weighted by Gasteiger charge is -2.12. The van der Waals surface area contributed by atoms with Crippen LogP contribution in [0.3, 0.4) is 0 Å². The molecule has 0 fully saturated rings. The lowest BCUT2D eigenvalue weighted by Crippen LogP contribution is -2.31. The van der Waals surface area contributed by atoms with Gasteiger partial charge in [-0.05, 0) is 37.1 Å². The van der Waals surface area contributed by atoms with Crippen molar-refractivity contribution in [1.82, 2.24) is 10.2 Å². The Bertz CT molecular complexity index is 598. The van der Waals surface area contributed by atoms with Gasteiger partial charge >= 0.3 is 0 Å². The zero-order chi connectivity index (χ0) is 15.3. The maximum atomic E-state index is 12.1. The summed E-state index contributed by atoms with van der Waals surface area (Å²) in [5, 5.41) is 2.31. The number of methoxy groups -OCH3 is 1. The molecule has 0 aliphatic rings. The number of benzene rings is 1. The summed E-state index contributed by atoms with van der Waals surface area (Å²) in [6.07, 6.45) is 0. The quantitative estimate of drug-likeness (QED) is 0.736. The number of sulfonamides is 1. The van der Waals surface area contributed by atoms with E-state index in [9.17, 15) is 13.2 Å². The molecule has 0 unspecified atom stereocenters. The Hall–Kier alpha value is -1.64. The molecule has 1 amide bonds. The van der Waals surface area contributed by atoms with Gasteiger partial charge in [0.1, 0.15) is 17.3 Å². The first-order valence-corrected chi connectivity index (χ1v) is 7.29. The van der Waals surface area contributed by atoms with Crippen molar-refractivity contribution in [3.05, 3.63) is 23.3 Å². The molecular weight excluding hydrogens is 284 g/mol. The van der Waals surface area contributed by atoms with Crippen LogP contribution in [0, 0.1) is 13.8 Å². The molecule has 0 atom stereocenters. The fraction of sp³-hybridized carbons (Fsp3) is 0.417. The van der Waals surface area contributed by atoms with Crippen LogP contribution in [0.4, 0.5) is 0 Å². The summed E-state index contributed by atoms with van der Waals surface area (Å²) >= 11 is 0. The van der Waals surface area contributed by atoms with Crippen LogP contribution in [0.1, 0.15) is 11.1 Å². The number of hydrogen-bond donors (Lipinski definition) is 2. The van der Waals surface area contributed by atoms with Crippen LogP contribution in [0.25, 0.3) is 0 Å². The Labute approximate surface area is 118 Å². The Morgan fingerprint density at radius 1 is 1.25 bits per heavy atom. The molecule has 112 valence electrons. The first kappa shape index (κ1) is 16.4. The van der Waals surface area contributed by atoms with Crippen LogP contribution in [-0.4, -0.2) is 35.1 Å². The third-order valence-corrected chi connectivity index (χ3v) is 3.96. The number of rotatable bonds is 6. The summed E-state index contributed by atoms with van der Waals surface area (Å²) in [7, 11) is -1.12. The lowest BCUT2D eigenvalue weighted by atomic mass is 10.1. The fourth-order valence-corrected chi connectivity index (χ4v) is 2.47. The molecule has 0 radical (unpaired) electrons. The average molecular weight is 302 g/mol. The van der Waals surface area contributed by atoms with E-state index >= 15 is 0 Å². The van der Waals surface area contributed by atoms with Gasteiger partial charge < -0.3 is 10.1 Å². The van der Waals surface area contributed by atoms with E-state index in [1.54, 1.807) is 13.0 Å². The molecular formula is C12H18N2O5S. The van der Waals surface area contributed by atoms with E-state index in [0.717, 1.165) is 11.1 Å². The molecule has 7 nitrogen and oxygen atoms in total. The smallest absolute Gasteiger partial charge is 0.266 e. The highest BCUT2D eigenvalue weighted by Crippen LogP contribution is 2.27. The predicted molar refractivity (Wildman–Crippen MR) is 72.8 cm³/mol. The minimum atomic E-state index is -3.92. The molecule has 0 spiro atoms. The van der Waals surface area contributed by atoms with Crippen molar-refractivity contribution in [3.8, 4) is 5.75 Å². The number of ether oxygens (including phenoxy) is 1. The summed E-state index contributed by atoms with van der Waals surface area (Å²) in [6.45, 7) is 3.23. The van der Waals surface area contributed by atoms with Gasteiger partial charge in [0.25, 0.3) is 10.0 Å². The number of aryl methyl sites for hydroxylation is 2. The van der Waals surface area contributed by atoms with Crippen molar-refractivity contribution in [2.45, 2.75) is 18.7 Å². The molecule has 1 aromatic rings. The van der Waals surface area contributed by atoms with Crippen LogP contribution in [0.2, 0.25) is 0 Å². The van der Waals surface area contributed by atoms with Gasteiger partial charge in [-0.1, -0.05) is 4.89 Å². The molecule has 20 heavy (non-hydrogen) atoms. The maximum Gasteiger partial charge on any atom is 0.266 e. The van der Waals surface area contributed by atoms with Gasteiger partial charge in [-0.15, -0.1) is 0 Å². The van der Waals surface area contributed by atoms with Crippen LogP contribution in [0.5, 0.6) is 5.75 Å². The molecule has 0 aromatic heterocycles. The molecule has 2 N–H and O–H groups in total. The first-order chi connectivity index (χ1) is 9.31. The molecule has 1 aromatic carbocycles. The fourth-order valence-electron chi connectivity index (χ4n) is 1.42. The van der Waals surface area contributed by atoms with E-state index in [0.29, 0.717) is 0 Å². The van der Waals surface area contributed by atoms with Crippen molar-refractivity contribution in [2.75, 3.05) is 20.8 Å². The summed E-state index contributed by atoms with van der Waals surface area (Å²) in [5.41, 5.74) is 1.71. The number of likely N-dealkylation sites (N-methyl/N-ethyl adjacent to an activating group) is 1. The molecule has 8 heteroatoms. The van der Waals surface area contributed by atoms with Crippen molar-refractivity contribution in [2.24, 2.45) is 0 Å². The molecule has 1 rings (SSSR count). The summed E-state index contributed by atoms with van der Waals surface area (Å²) in [4.78, 5) is 17.5. The highest BCUT2D eigenvalue weighted by atomic mass is 32.2. The normalized spacial score (nSPS) is 11.2. The van der Waals surface area contributed by atoms with Crippen LogP contribution >= 0.6 is 0 Å². The van der Waals surface area contributed by atoms with Gasteiger partial charge in [0.2, 0.25) is 5.91 Å². The standard InChI is InChI=1S/C12H18N2O5S/c1-8-5-10(18-4)11(6-9(8)2)20(16,17)14-19-7-12(15)13-3/h5-6,14H,7H2,1-4H3,(H,13,15). The Kier molecular flexibility index (Phi) is 5.49. The SMILES string of the molecule is CNC(=O)CONS(=O)(=O)c1cc(C)c(C)cc1OC. The summed E-state index contributed by atoms with van der Waals surface area (Å²) in [5.74, 6) is -0.233. The molecule has 0 saturated heterocycles. The van der Waals surface area contributed by atoms with Crippen LogP contribution < -0.4 is 14.9 Å². The van der Waals surface area contributed by atoms with Gasteiger partial charge in [0.05, 0.1) is 7.11 Å². The second-order valence-electron chi connectivity index (χ2n) is 4.14. The van der Waals surface area contributed by atoms with Crippen molar-refractivity contribution >= 4 is 15.9 Å². The second-order valence-corrected chi connectivity index (χ2v) is 5.75. The minimum absolute atomic E-state index is 0.0417. The Morgan fingerprint density at radius 2 is 1.85 bits per heavy atom. The third-order valence-electron chi connectivity index (χ3n) is 2.72. The zero-order valence-electron chi connectivity index (χ0n) is 11.8. The van der Waals surface area contributed by atoms with Gasteiger partial charge in [-0.2, -0.15) is 0 Å². The van der Waals surface area contributed by atoms with Crippen LogP contribution in [0.15, 0.2) is 17.0 Å². The van der Waals surface area contributed by atoms with E-state index in [1.165, 1.54) is 20.2 Å². The number of carbonyl (C=O) groups excluding carboxylic acids is 1. The zero-order valence-corrected chi connectivity index (χ0v) is 12.6. The van der Waals surface area contributed by atoms with E-state index in [-0.39, 0.29) is 10.6 Å². The lowest BCUT2D eigenvalue weighted by molar-refractivity contribution is -0.126.